The number of hydrogen-bond acceptors (Lipinski definition) is 4. The second-order valence-electron chi connectivity index (χ2n) is 4.23. The molecule has 2 atom stereocenters. The highest BCUT2D eigenvalue weighted by atomic mass is 35.5. The van der Waals surface area contributed by atoms with Crippen LogP contribution in [-0.4, -0.2) is 41.2 Å². The topological polar surface area (TPSA) is 75.6 Å². The lowest BCUT2D eigenvalue weighted by Crippen LogP contribution is -2.62. The number of amides is 1. The van der Waals surface area contributed by atoms with Gasteiger partial charge in [-0.05, 0) is 18.2 Å². The Morgan fingerprint density at radius 2 is 1.87 bits per heavy atom. The largest absolute Gasteiger partial charge is 0.467 e. The third kappa shape index (κ3) is 4.00. The summed E-state index contributed by atoms with van der Waals surface area (Å²) in [4.78, 5) is 23.2. The molecular weight excluding hydrogens is 385 g/mol. The van der Waals surface area contributed by atoms with Gasteiger partial charge in [0.2, 0.25) is 5.91 Å². The van der Waals surface area contributed by atoms with Crippen molar-refractivity contribution in [2.24, 2.45) is 0 Å². The summed E-state index contributed by atoms with van der Waals surface area (Å²) in [5, 5.41) is 8.92. The van der Waals surface area contributed by atoms with Crippen molar-refractivity contribution < 1.29 is 32.6 Å². The number of rotatable bonds is 4. The average Bonchev–Trinajstić information content (AvgIpc) is 2.47. The number of aliphatic hydroxyl groups is 1. The zero-order chi connectivity index (χ0) is 18.0. The molecule has 1 rings (SSSR count). The summed E-state index contributed by atoms with van der Waals surface area (Å²) in [5.74, 6) is -3.65. The molecule has 11 heteroatoms. The maximum Gasteiger partial charge on any atom is 0.430 e. The van der Waals surface area contributed by atoms with Gasteiger partial charge in [0, 0.05) is 5.02 Å². The van der Waals surface area contributed by atoms with Gasteiger partial charge in [0.05, 0.1) is 17.8 Å². The van der Waals surface area contributed by atoms with Crippen LogP contribution in [0.1, 0.15) is 0 Å². The van der Waals surface area contributed by atoms with E-state index >= 15 is 0 Å². The molecule has 128 valence electrons. The summed E-state index contributed by atoms with van der Waals surface area (Å²) in [7, 11) is 0.606. The molecule has 1 aromatic rings. The number of anilines is 1. The van der Waals surface area contributed by atoms with E-state index in [2.05, 4.69) is 4.74 Å². The van der Waals surface area contributed by atoms with Gasteiger partial charge in [-0.3, -0.25) is 4.79 Å². The molecule has 1 aromatic carbocycles. The van der Waals surface area contributed by atoms with Gasteiger partial charge >= 0.3 is 12.1 Å². The van der Waals surface area contributed by atoms with Crippen molar-refractivity contribution in [3.05, 3.63) is 28.2 Å². The Morgan fingerprint density at radius 1 is 1.30 bits per heavy atom. The first-order valence-electron chi connectivity index (χ1n) is 5.72. The number of benzene rings is 1. The van der Waals surface area contributed by atoms with Crippen LogP contribution in [0.3, 0.4) is 0 Å². The summed E-state index contributed by atoms with van der Waals surface area (Å²) in [6.45, 7) is 0. The fraction of sp³-hybridized carbons (Fsp3) is 0.333. The number of carbonyl (C=O) groups is 2. The number of nitrogens with one attached hydrogen (secondary N) is 1. The van der Waals surface area contributed by atoms with Gasteiger partial charge in [-0.15, -0.1) is 11.6 Å². The fourth-order valence-electron chi connectivity index (χ4n) is 1.50. The summed E-state index contributed by atoms with van der Waals surface area (Å²) >= 11 is 16.8. The SMILES string of the molecule is COC(=O)C(O)(C(Cl)C(=O)Nc1cc(Cl)ccc1Cl)C(F)(F)F. The molecule has 0 saturated heterocycles. The van der Waals surface area contributed by atoms with Crippen LogP contribution in [0.25, 0.3) is 0 Å². The molecule has 1 amide bonds. The molecule has 0 saturated carbocycles. The van der Waals surface area contributed by atoms with Crippen LogP contribution >= 0.6 is 34.8 Å². The summed E-state index contributed by atoms with van der Waals surface area (Å²) in [6, 6.07) is 3.80. The molecule has 2 N–H and O–H groups in total. The number of hydrogen-bond donors (Lipinski definition) is 2. The van der Waals surface area contributed by atoms with Crippen molar-refractivity contribution in [1.29, 1.82) is 0 Å². The van der Waals surface area contributed by atoms with E-state index in [4.69, 9.17) is 34.8 Å². The molecule has 0 aliphatic heterocycles. The van der Waals surface area contributed by atoms with E-state index in [0.717, 1.165) is 6.07 Å². The van der Waals surface area contributed by atoms with Crippen LogP contribution in [0.2, 0.25) is 10.0 Å². The van der Waals surface area contributed by atoms with Crippen molar-refractivity contribution >= 4 is 52.4 Å². The van der Waals surface area contributed by atoms with Gasteiger partial charge < -0.3 is 15.2 Å². The third-order valence-corrected chi connectivity index (χ3v) is 3.79. The van der Waals surface area contributed by atoms with Crippen molar-refractivity contribution in [2.45, 2.75) is 17.2 Å². The van der Waals surface area contributed by atoms with E-state index in [1.165, 1.54) is 12.1 Å². The van der Waals surface area contributed by atoms with E-state index in [1.807, 2.05) is 5.32 Å². The normalized spacial score (nSPS) is 15.5. The van der Waals surface area contributed by atoms with Crippen molar-refractivity contribution in [3.8, 4) is 0 Å². The smallest absolute Gasteiger partial charge is 0.430 e. The summed E-state index contributed by atoms with van der Waals surface area (Å²) in [6.07, 6.45) is -5.55. The van der Waals surface area contributed by atoms with Crippen LogP contribution < -0.4 is 5.32 Å². The molecule has 0 fully saturated rings. The van der Waals surface area contributed by atoms with Crippen LogP contribution in [0.5, 0.6) is 0 Å². The number of ether oxygens (including phenoxy) is 1. The van der Waals surface area contributed by atoms with Gasteiger partial charge in [-0.1, -0.05) is 23.2 Å². The predicted molar refractivity (Wildman–Crippen MR) is 77.8 cm³/mol. The quantitative estimate of drug-likeness (QED) is 0.608. The van der Waals surface area contributed by atoms with Gasteiger partial charge in [0.25, 0.3) is 5.60 Å². The number of halogens is 6. The molecule has 0 aliphatic carbocycles. The Morgan fingerprint density at radius 3 is 2.35 bits per heavy atom. The van der Waals surface area contributed by atoms with Gasteiger partial charge in [0.15, 0.2) is 5.38 Å². The highest BCUT2D eigenvalue weighted by Gasteiger charge is 2.67. The Bertz CT molecular complexity index is 626. The van der Waals surface area contributed by atoms with E-state index in [9.17, 15) is 27.9 Å². The summed E-state index contributed by atoms with van der Waals surface area (Å²) < 4.78 is 42.8. The Balaban J connectivity index is 3.14. The van der Waals surface area contributed by atoms with Crippen molar-refractivity contribution in [3.63, 3.8) is 0 Å². The predicted octanol–water partition coefficient (Wildman–Crippen LogP) is 3.01. The first-order chi connectivity index (χ1) is 10.4. The average molecular weight is 395 g/mol. The minimum Gasteiger partial charge on any atom is -0.467 e. The summed E-state index contributed by atoms with van der Waals surface area (Å²) in [5.41, 5.74) is -4.39. The first-order valence-corrected chi connectivity index (χ1v) is 6.92. The zero-order valence-corrected chi connectivity index (χ0v) is 13.5. The molecule has 0 spiro atoms. The number of carbonyl (C=O) groups excluding carboxylic acids is 2. The number of esters is 1. The molecule has 5 nitrogen and oxygen atoms in total. The molecule has 0 aliphatic rings. The maximum atomic E-state index is 13.0. The first kappa shape index (κ1) is 19.8. The van der Waals surface area contributed by atoms with Crippen LogP contribution in [0, 0.1) is 0 Å². The van der Waals surface area contributed by atoms with Crippen LogP contribution in [0.4, 0.5) is 18.9 Å². The third-order valence-electron chi connectivity index (χ3n) is 2.71. The second-order valence-corrected chi connectivity index (χ2v) is 5.51. The number of alkyl halides is 4. The Labute approximate surface area is 143 Å². The molecular formula is C12H9Cl3F3NO4. The molecule has 0 heterocycles. The monoisotopic (exact) mass is 393 g/mol. The van der Waals surface area contributed by atoms with E-state index in [-0.39, 0.29) is 15.7 Å². The highest BCUT2D eigenvalue weighted by molar-refractivity contribution is 6.38. The van der Waals surface area contributed by atoms with Crippen LogP contribution in [-0.2, 0) is 14.3 Å². The Hall–Kier alpha value is -1.22. The van der Waals surface area contributed by atoms with Gasteiger partial charge in [-0.25, -0.2) is 4.79 Å². The zero-order valence-electron chi connectivity index (χ0n) is 11.2. The molecule has 23 heavy (non-hydrogen) atoms. The van der Waals surface area contributed by atoms with E-state index < -0.39 is 29.0 Å². The lowest BCUT2D eigenvalue weighted by molar-refractivity contribution is -0.260. The van der Waals surface area contributed by atoms with Crippen LogP contribution in [0.15, 0.2) is 18.2 Å². The van der Waals surface area contributed by atoms with Crippen molar-refractivity contribution in [2.75, 3.05) is 12.4 Å². The second kappa shape index (κ2) is 7.12. The molecule has 2 unspecified atom stereocenters. The highest BCUT2D eigenvalue weighted by Crippen LogP contribution is 2.37. The Kier molecular flexibility index (Phi) is 6.14. The molecule has 0 aromatic heterocycles. The van der Waals surface area contributed by atoms with E-state index in [1.54, 1.807) is 0 Å². The standard InChI is InChI=1S/C12H9Cl3F3NO4/c1-23-10(21)11(22,12(16,17)18)8(15)9(20)19-7-4-5(13)2-3-6(7)14/h2-4,8,22H,1H3,(H,19,20). The molecule has 0 radical (unpaired) electrons. The van der Waals surface area contributed by atoms with Crippen molar-refractivity contribution in [1.82, 2.24) is 0 Å². The number of methoxy groups -OCH3 is 1. The lowest BCUT2D eigenvalue weighted by Gasteiger charge is -2.30. The minimum absolute atomic E-state index is 0.0415. The minimum atomic E-state index is -5.55. The molecule has 0 bridgehead atoms. The van der Waals surface area contributed by atoms with Gasteiger partial charge in [-0.2, -0.15) is 13.2 Å². The van der Waals surface area contributed by atoms with Gasteiger partial charge in [0.1, 0.15) is 0 Å². The lowest BCUT2D eigenvalue weighted by atomic mass is 9.98. The van der Waals surface area contributed by atoms with E-state index in [0.29, 0.717) is 7.11 Å². The maximum absolute atomic E-state index is 13.0. The fourth-order valence-corrected chi connectivity index (χ4v) is 2.10.